The number of carbonyl (C=O) groups is 1. The summed E-state index contributed by atoms with van der Waals surface area (Å²) in [4.78, 5) is 17.7. The van der Waals surface area contributed by atoms with Gasteiger partial charge in [0.15, 0.2) is 0 Å². The van der Waals surface area contributed by atoms with Crippen LogP contribution in [0.5, 0.6) is 0 Å². The fourth-order valence-electron chi connectivity index (χ4n) is 2.32. The zero-order valence-electron chi connectivity index (χ0n) is 13.5. The number of thiazole rings is 1. The number of hydrogen-bond donors (Lipinski definition) is 1. The first-order valence-corrected chi connectivity index (χ1v) is 9.30. The number of carbonyl (C=O) groups excluding carboxylic acids is 1. The highest BCUT2D eigenvalue weighted by Gasteiger charge is 2.15. The van der Waals surface area contributed by atoms with E-state index < -0.39 is 0 Å². The van der Waals surface area contributed by atoms with E-state index in [2.05, 4.69) is 36.3 Å². The molecule has 0 radical (unpaired) electrons. The van der Waals surface area contributed by atoms with Crippen LogP contribution in [0.2, 0.25) is 0 Å². The lowest BCUT2D eigenvalue weighted by molar-refractivity contribution is -0.119. The van der Waals surface area contributed by atoms with E-state index in [1.54, 1.807) is 23.1 Å². The number of aromatic nitrogens is 1. The summed E-state index contributed by atoms with van der Waals surface area (Å²) in [6.07, 6.45) is 0. The van der Waals surface area contributed by atoms with Gasteiger partial charge in [-0.05, 0) is 38.8 Å². The van der Waals surface area contributed by atoms with Crippen LogP contribution in [0.3, 0.4) is 0 Å². The molecule has 0 saturated heterocycles. The maximum absolute atomic E-state index is 12.1. The third-order valence-electron chi connectivity index (χ3n) is 3.48. The molecule has 0 spiro atoms. The average Bonchev–Trinajstić information content (AvgIpc) is 2.80. The van der Waals surface area contributed by atoms with Crippen molar-refractivity contribution in [3.05, 3.63) is 51.0 Å². The molecule has 0 aliphatic heterocycles. The Morgan fingerprint density at radius 3 is 2.68 bits per heavy atom. The number of benzene rings is 1. The van der Waals surface area contributed by atoms with E-state index in [0.29, 0.717) is 5.75 Å². The lowest BCUT2D eigenvalue weighted by Crippen LogP contribution is -2.28. The van der Waals surface area contributed by atoms with Crippen LogP contribution in [0.25, 0.3) is 0 Å². The summed E-state index contributed by atoms with van der Waals surface area (Å²) in [5, 5.41) is 4.08. The lowest BCUT2D eigenvalue weighted by atomic mass is 10.1. The third kappa shape index (κ3) is 4.58. The minimum atomic E-state index is -0.0310. The van der Waals surface area contributed by atoms with E-state index in [4.69, 9.17) is 0 Å². The minimum Gasteiger partial charge on any atom is -0.347 e. The van der Waals surface area contributed by atoms with Crippen LogP contribution in [0.1, 0.15) is 39.7 Å². The van der Waals surface area contributed by atoms with Gasteiger partial charge in [-0.2, -0.15) is 0 Å². The summed E-state index contributed by atoms with van der Waals surface area (Å²) in [7, 11) is 0. The molecule has 2 aromatic rings. The van der Waals surface area contributed by atoms with E-state index in [1.807, 2.05) is 26.0 Å². The molecule has 1 unspecified atom stereocenters. The molecule has 1 aromatic heterocycles. The van der Waals surface area contributed by atoms with Crippen molar-refractivity contribution >= 4 is 29.0 Å². The molecule has 0 saturated carbocycles. The van der Waals surface area contributed by atoms with Crippen molar-refractivity contribution in [3.8, 4) is 0 Å². The molecule has 0 bridgehead atoms. The summed E-state index contributed by atoms with van der Waals surface area (Å²) < 4.78 is 0. The maximum Gasteiger partial charge on any atom is 0.230 e. The van der Waals surface area contributed by atoms with Gasteiger partial charge in [0.25, 0.3) is 0 Å². The Labute approximate surface area is 140 Å². The first kappa shape index (κ1) is 17.0. The highest BCUT2D eigenvalue weighted by atomic mass is 32.2. The number of rotatable bonds is 6. The second-order valence-electron chi connectivity index (χ2n) is 5.38. The van der Waals surface area contributed by atoms with E-state index in [9.17, 15) is 4.79 Å². The average molecular weight is 335 g/mol. The van der Waals surface area contributed by atoms with Gasteiger partial charge in [-0.25, -0.2) is 4.98 Å². The first-order chi connectivity index (χ1) is 10.5. The van der Waals surface area contributed by atoms with Gasteiger partial charge in [0.1, 0.15) is 0 Å². The molecule has 0 fully saturated rings. The van der Waals surface area contributed by atoms with Gasteiger partial charge in [0.05, 0.1) is 22.5 Å². The van der Waals surface area contributed by atoms with Crippen LogP contribution < -0.4 is 5.32 Å². The van der Waals surface area contributed by atoms with Crippen LogP contribution >= 0.6 is 23.1 Å². The van der Waals surface area contributed by atoms with E-state index in [0.717, 1.165) is 16.5 Å². The molecule has 0 aliphatic carbocycles. The number of thioether (sulfide) groups is 1. The third-order valence-corrected chi connectivity index (χ3v) is 5.36. The zero-order valence-corrected chi connectivity index (χ0v) is 15.1. The van der Waals surface area contributed by atoms with Gasteiger partial charge >= 0.3 is 0 Å². The van der Waals surface area contributed by atoms with Crippen molar-refractivity contribution in [3.63, 3.8) is 0 Å². The van der Waals surface area contributed by atoms with Crippen molar-refractivity contribution < 1.29 is 4.79 Å². The molecule has 5 heteroatoms. The van der Waals surface area contributed by atoms with Crippen molar-refractivity contribution in [2.75, 3.05) is 5.75 Å². The van der Waals surface area contributed by atoms with E-state index in [1.165, 1.54) is 16.0 Å². The van der Waals surface area contributed by atoms with Gasteiger partial charge in [0, 0.05) is 10.6 Å². The zero-order chi connectivity index (χ0) is 16.1. The smallest absolute Gasteiger partial charge is 0.230 e. The highest BCUT2D eigenvalue weighted by Crippen LogP contribution is 2.22. The quantitative estimate of drug-likeness (QED) is 0.862. The number of amides is 1. The minimum absolute atomic E-state index is 0.0310. The molecule has 118 valence electrons. The highest BCUT2D eigenvalue weighted by molar-refractivity contribution is 7.99. The summed E-state index contributed by atoms with van der Waals surface area (Å²) in [6, 6.07) is 8.26. The number of nitrogens with zero attached hydrogens (tertiary/aromatic N) is 1. The van der Waals surface area contributed by atoms with Gasteiger partial charge in [-0.3, -0.25) is 4.79 Å². The molecule has 1 atom stereocenters. The molecule has 22 heavy (non-hydrogen) atoms. The largest absolute Gasteiger partial charge is 0.347 e. The molecule has 1 N–H and O–H groups in total. The fourth-order valence-corrected chi connectivity index (χ4v) is 4.15. The normalized spacial score (nSPS) is 12.2. The van der Waals surface area contributed by atoms with Crippen LogP contribution in [0, 0.1) is 20.8 Å². The predicted octanol–water partition coefficient (Wildman–Crippen LogP) is 4.18. The molecular formula is C17H22N2OS2. The van der Waals surface area contributed by atoms with Gasteiger partial charge < -0.3 is 5.32 Å². The van der Waals surface area contributed by atoms with E-state index in [-0.39, 0.29) is 11.9 Å². The van der Waals surface area contributed by atoms with E-state index >= 15 is 0 Å². The summed E-state index contributed by atoms with van der Waals surface area (Å²) in [5.41, 5.74) is 3.55. The molecule has 0 aliphatic rings. The molecular weight excluding hydrogens is 312 g/mol. The van der Waals surface area contributed by atoms with Crippen LogP contribution in [0.4, 0.5) is 0 Å². The predicted molar refractivity (Wildman–Crippen MR) is 95.5 cm³/mol. The Morgan fingerprint density at radius 1 is 1.32 bits per heavy atom. The van der Waals surface area contributed by atoms with Crippen molar-refractivity contribution in [1.29, 1.82) is 0 Å². The Balaban J connectivity index is 1.81. The Bertz CT molecular complexity index is 652. The molecule has 1 heterocycles. The second kappa shape index (κ2) is 7.79. The number of hydrogen-bond acceptors (Lipinski definition) is 4. The van der Waals surface area contributed by atoms with Gasteiger partial charge in [0.2, 0.25) is 5.91 Å². The van der Waals surface area contributed by atoms with Crippen molar-refractivity contribution in [2.24, 2.45) is 0 Å². The van der Waals surface area contributed by atoms with Crippen molar-refractivity contribution in [1.82, 2.24) is 10.3 Å². The number of aryl methyl sites for hydroxylation is 3. The van der Waals surface area contributed by atoms with Gasteiger partial charge in [-0.1, -0.05) is 24.3 Å². The molecule has 3 nitrogen and oxygen atoms in total. The van der Waals surface area contributed by atoms with Crippen LogP contribution in [0.15, 0.2) is 24.3 Å². The Hall–Kier alpha value is -1.33. The lowest BCUT2D eigenvalue weighted by Gasteiger charge is -2.13. The van der Waals surface area contributed by atoms with Crippen molar-refractivity contribution in [2.45, 2.75) is 39.5 Å². The van der Waals surface area contributed by atoms with Gasteiger partial charge in [-0.15, -0.1) is 23.1 Å². The monoisotopic (exact) mass is 334 g/mol. The van der Waals surface area contributed by atoms with Crippen LogP contribution in [-0.2, 0) is 10.5 Å². The Morgan fingerprint density at radius 2 is 2.05 bits per heavy atom. The maximum atomic E-state index is 12.1. The summed E-state index contributed by atoms with van der Waals surface area (Å²) in [5.74, 6) is 1.40. The standard InChI is InChI=1S/C17H22N2OS2/c1-11-7-5-6-8-15(11)9-21-10-16(20)18-12(2)17-13(3)22-14(4)19-17/h5-8,12H,9-10H2,1-4H3,(H,18,20). The molecule has 2 rings (SSSR count). The first-order valence-electron chi connectivity index (χ1n) is 7.33. The fraction of sp³-hybridized carbons (Fsp3) is 0.412. The number of nitrogens with one attached hydrogen (secondary N) is 1. The van der Waals surface area contributed by atoms with Crippen LogP contribution in [-0.4, -0.2) is 16.6 Å². The summed E-state index contributed by atoms with van der Waals surface area (Å²) in [6.45, 7) is 8.14. The second-order valence-corrected chi connectivity index (χ2v) is 7.78. The summed E-state index contributed by atoms with van der Waals surface area (Å²) >= 11 is 3.32. The topological polar surface area (TPSA) is 42.0 Å². The molecule has 1 aromatic carbocycles. The molecule has 1 amide bonds. The Kier molecular flexibility index (Phi) is 6.03. The SMILES string of the molecule is Cc1nc(C(C)NC(=O)CSCc2ccccc2C)c(C)s1.